The lowest BCUT2D eigenvalue weighted by Gasteiger charge is -2.35. The van der Waals surface area contributed by atoms with Gasteiger partial charge in [-0.2, -0.15) is 4.31 Å². The summed E-state index contributed by atoms with van der Waals surface area (Å²) in [4.78, 5) is 27.5. The smallest absolute Gasteiger partial charge is 0.293 e. The van der Waals surface area contributed by atoms with E-state index < -0.39 is 20.8 Å². The van der Waals surface area contributed by atoms with E-state index in [1.807, 2.05) is 0 Å². The van der Waals surface area contributed by atoms with E-state index in [4.69, 9.17) is 4.74 Å². The highest BCUT2D eigenvalue weighted by atomic mass is 32.2. The number of ether oxygens (including phenoxy) is 1. The summed E-state index contributed by atoms with van der Waals surface area (Å²) in [5.74, 6) is -0.789. The van der Waals surface area contributed by atoms with Gasteiger partial charge in [-0.3, -0.25) is 14.9 Å². The number of hydrogen-bond donors (Lipinski definition) is 0. The second-order valence-electron chi connectivity index (χ2n) is 8.85. The van der Waals surface area contributed by atoms with Crippen molar-refractivity contribution in [3.05, 3.63) is 76.1 Å². The van der Waals surface area contributed by atoms with Crippen molar-refractivity contribution in [1.82, 2.24) is 9.21 Å². The van der Waals surface area contributed by atoms with E-state index in [9.17, 15) is 27.7 Å². The summed E-state index contributed by atoms with van der Waals surface area (Å²) in [6.07, 6.45) is 0. The minimum Gasteiger partial charge on any atom is -0.378 e. The van der Waals surface area contributed by atoms with Gasteiger partial charge in [-0.05, 0) is 24.3 Å². The first kappa shape index (κ1) is 25.1. The maximum atomic E-state index is 14.2. The number of nitrogens with zero attached hydrogens (tertiary/aromatic N) is 4. The lowest BCUT2D eigenvalue weighted by molar-refractivity contribution is -0.384. The van der Waals surface area contributed by atoms with Gasteiger partial charge in [0.25, 0.3) is 11.6 Å². The minimum atomic E-state index is -3.92. The van der Waals surface area contributed by atoms with Crippen molar-refractivity contribution in [2.24, 2.45) is 0 Å². The van der Waals surface area contributed by atoms with Crippen molar-refractivity contribution in [3.63, 3.8) is 0 Å². The van der Waals surface area contributed by atoms with Gasteiger partial charge < -0.3 is 14.5 Å². The Hall–Kier alpha value is -3.61. The molecule has 0 radical (unpaired) electrons. The Morgan fingerprint density at radius 3 is 2.27 bits per heavy atom. The maximum Gasteiger partial charge on any atom is 0.293 e. The van der Waals surface area contributed by atoms with Gasteiger partial charge in [0, 0.05) is 61.7 Å². The molecule has 2 aliphatic rings. The number of anilines is 1. The number of hydrogen-bond acceptors (Lipinski definition) is 7. The van der Waals surface area contributed by atoms with E-state index in [2.05, 4.69) is 0 Å². The Morgan fingerprint density at radius 2 is 1.59 bits per heavy atom. The first-order chi connectivity index (χ1) is 17.8. The van der Waals surface area contributed by atoms with Crippen molar-refractivity contribution in [2.45, 2.75) is 4.90 Å². The molecule has 12 heteroatoms. The molecule has 0 spiro atoms. The Kier molecular flexibility index (Phi) is 6.80. The molecule has 0 bridgehead atoms. The van der Waals surface area contributed by atoms with Crippen LogP contribution in [0.3, 0.4) is 0 Å². The zero-order chi connectivity index (χ0) is 26.2. The van der Waals surface area contributed by atoms with Crippen LogP contribution in [-0.4, -0.2) is 80.9 Å². The highest BCUT2D eigenvalue weighted by molar-refractivity contribution is 7.89. The number of nitro groups is 1. The highest BCUT2D eigenvalue weighted by Crippen LogP contribution is 2.33. The highest BCUT2D eigenvalue weighted by Gasteiger charge is 2.32. The largest absolute Gasteiger partial charge is 0.378 e. The van der Waals surface area contributed by atoms with Gasteiger partial charge in [-0.15, -0.1) is 0 Å². The molecule has 0 atom stereocenters. The number of morpholine rings is 1. The van der Waals surface area contributed by atoms with Gasteiger partial charge in [0.2, 0.25) is 10.0 Å². The van der Waals surface area contributed by atoms with Crippen LogP contribution in [0.15, 0.2) is 59.5 Å². The van der Waals surface area contributed by atoms with Crippen molar-refractivity contribution >= 4 is 38.1 Å². The number of nitro benzene ring substituents is 1. The Bertz CT molecular complexity index is 1470. The molecule has 0 aromatic heterocycles. The van der Waals surface area contributed by atoms with Crippen LogP contribution in [0.4, 0.5) is 15.8 Å². The summed E-state index contributed by atoms with van der Waals surface area (Å²) in [5, 5.41) is 12.4. The number of sulfonamides is 1. The van der Waals surface area contributed by atoms with Crippen molar-refractivity contribution < 1.29 is 27.3 Å². The van der Waals surface area contributed by atoms with E-state index in [0.29, 0.717) is 37.4 Å². The fraction of sp³-hybridized carbons (Fsp3) is 0.320. The van der Waals surface area contributed by atoms with Gasteiger partial charge in [0.1, 0.15) is 11.5 Å². The number of fused-ring (bicyclic) bond motifs is 1. The number of carbonyl (C=O) groups is 1. The summed E-state index contributed by atoms with van der Waals surface area (Å²) < 4.78 is 47.6. The number of rotatable bonds is 5. The molecule has 3 aromatic rings. The summed E-state index contributed by atoms with van der Waals surface area (Å²) in [5.41, 5.74) is 0.342. The molecule has 0 saturated carbocycles. The number of benzene rings is 3. The second-order valence-corrected chi connectivity index (χ2v) is 10.8. The molecule has 2 aliphatic heterocycles. The molecule has 0 unspecified atom stereocenters. The van der Waals surface area contributed by atoms with E-state index >= 15 is 0 Å². The molecule has 0 aliphatic carbocycles. The first-order valence-corrected chi connectivity index (χ1v) is 13.3. The van der Waals surface area contributed by atoms with E-state index in [0.717, 1.165) is 6.07 Å². The fourth-order valence-electron chi connectivity index (χ4n) is 4.79. The third-order valence-corrected chi connectivity index (χ3v) is 8.70. The Balaban J connectivity index is 1.36. The summed E-state index contributed by atoms with van der Waals surface area (Å²) in [7, 11) is -3.92. The van der Waals surface area contributed by atoms with Crippen LogP contribution < -0.4 is 4.90 Å². The van der Waals surface area contributed by atoms with E-state index in [1.165, 1.54) is 22.5 Å². The number of halogens is 1. The number of carbonyl (C=O) groups excluding carboxylic acids is 1. The summed E-state index contributed by atoms with van der Waals surface area (Å²) >= 11 is 0. The normalized spacial score (nSPS) is 17.2. The zero-order valence-corrected chi connectivity index (χ0v) is 20.7. The van der Waals surface area contributed by atoms with Gasteiger partial charge in [0.15, 0.2) is 0 Å². The monoisotopic (exact) mass is 528 g/mol. The van der Waals surface area contributed by atoms with Gasteiger partial charge in [0.05, 0.1) is 23.0 Å². The third-order valence-electron chi connectivity index (χ3n) is 6.75. The molecular weight excluding hydrogens is 503 g/mol. The van der Waals surface area contributed by atoms with Gasteiger partial charge in [-0.25, -0.2) is 12.8 Å². The molecule has 37 heavy (non-hydrogen) atoms. The SMILES string of the molecule is O=C(c1ccc(N2CCN(S(=O)(=O)c3ccc(F)c4ccccc34)CC2)c([N+](=O)[O-])c1)N1CCOCC1. The van der Waals surface area contributed by atoms with Crippen molar-refractivity contribution in [3.8, 4) is 0 Å². The molecule has 3 aromatic carbocycles. The van der Waals surface area contributed by atoms with Crippen LogP contribution in [-0.2, 0) is 14.8 Å². The zero-order valence-electron chi connectivity index (χ0n) is 19.9. The quantitative estimate of drug-likeness (QED) is 0.370. The molecule has 194 valence electrons. The molecule has 0 N–H and O–H groups in total. The standard InChI is InChI=1S/C25H25FN4O6S/c26-21-6-8-24(20-4-2-1-3-19(20)21)37(34,35)29-11-9-27(10-12-29)22-7-5-18(17-23(22)30(32)33)25(31)28-13-15-36-16-14-28/h1-8,17H,9-16H2. The van der Waals surface area contributed by atoms with E-state index in [1.54, 1.807) is 40.1 Å². The molecule has 2 fully saturated rings. The van der Waals surface area contributed by atoms with Gasteiger partial charge >= 0.3 is 0 Å². The molecule has 5 rings (SSSR count). The lowest BCUT2D eigenvalue weighted by atomic mass is 10.1. The molecule has 10 nitrogen and oxygen atoms in total. The third kappa shape index (κ3) is 4.75. The molecule has 2 saturated heterocycles. The summed E-state index contributed by atoms with van der Waals surface area (Å²) in [6.45, 7) is 2.33. The molecule has 2 heterocycles. The predicted molar refractivity (Wildman–Crippen MR) is 135 cm³/mol. The van der Waals surface area contributed by atoms with Gasteiger partial charge in [-0.1, -0.05) is 24.3 Å². The van der Waals surface area contributed by atoms with Crippen molar-refractivity contribution in [2.75, 3.05) is 57.4 Å². The Morgan fingerprint density at radius 1 is 0.919 bits per heavy atom. The van der Waals surface area contributed by atoms with Crippen LogP contribution in [0.1, 0.15) is 10.4 Å². The minimum absolute atomic E-state index is 0.0231. The topological polar surface area (TPSA) is 113 Å². The lowest BCUT2D eigenvalue weighted by Crippen LogP contribution is -2.48. The van der Waals surface area contributed by atoms with Crippen LogP contribution in [0.5, 0.6) is 0 Å². The number of amides is 1. The van der Waals surface area contributed by atoms with Crippen LogP contribution in [0.25, 0.3) is 10.8 Å². The Labute approximate surface area is 213 Å². The van der Waals surface area contributed by atoms with Crippen molar-refractivity contribution in [1.29, 1.82) is 0 Å². The second kappa shape index (κ2) is 10.0. The van der Waals surface area contributed by atoms with Crippen LogP contribution in [0.2, 0.25) is 0 Å². The average molecular weight is 529 g/mol. The van der Waals surface area contributed by atoms with Crippen LogP contribution in [0, 0.1) is 15.9 Å². The summed E-state index contributed by atoms with van der Waals surface area (Å²) in [6, 6.07) is 13.2. The first-order valence-electron chi connectivity index (χ1n) is 11.8. The van der Waals surface area contributed by atoms with Crippen LogP contribution >= 0.6 is 0 Å². The maximum absolute atomic E-state index is 14.2. The molecular formula is C25H25FN4O6S. The van der Waals surface area contributed by atoms with E-state index in [-0.39, 0.29) is 53.6 Å². The number of piperazine rings is 1. The molecule has 1 amide bonds. The average Bonchev–Trinajstić information content (AvgIpc) is 2.93. The predicted octanol–water partition coefficient (Wildman–Crippen LogP) is 2.87. The fourth-order valence-corrected chi connectivity index (χ4v) is 6.41.